The van der Waals surface area contributed by atoms with E-state index in [0.717, 1.165) is 13.0 Å². The van der Waals surface area contributed by atoms with Gasteiger partial charge in [0, 0.05) is 26.2 Å². The minimum atomic E-state index is -0.248. The van der Waals surface area contributed by atoms with Crippen molar-refractivity contribution in [2.24, 2.45) is 0 Å². The average molecular weight is 214 g/mol. The number of rotatable bonds is 2. The number of carbonyl (C=O) groups is 1. The molecule has 0 spiro atoms. The van der Waals surface area contributed by atoms with Crippen LogP contribution in [0.4, 0.5) is 0 Å². The molecule has 0 unspecified atom stereocenters. The van der Waals surface area contributed by atoms with E-state index in [9.17, 15) is 9.90 Å². The molecule has 0 bridgehead atoms. The molecule has 2 fully saturated rings. The highest BCUT2D eigenvalue weighted by Gasteiger charge is 2.24. The van der Waals surface area contributed by atoms with Crippen LogP contribution in [0, 0.1) is 0 Å². The van der Waals surface area contributed by atoms with Crippen LogP contribution >= 0.6 is 0 Å². The Morgan fingerprint density at radius 2 is 2.07 bits per heavy atom. The van der Waals surface area contributed by atoms with Crippen LogP contribution in [0.25, 0.3) is 0 Å². The van der Waals surface area contributed by atoms with Crippen LogP contribution in [0.3, 0.4) is 0 Å². The molecule has 2 rings (SSSR count). The predicted octanol–water partition coefficient (Wildman–Crippen LogP) is -1.09. The summed E-state index contributed by atoms with van der Waals surface area (Å²) >= 11 is 0. The van der Waals surface area contributed by atoms with Crippen molar-refractivity contribution in [3.05, 3.63) is 0 Å². The van der Waals surface area contributed by atoms with Crippen LogP contribution in [0.1, 0.15) is 6.42 Å². The Balaban J connectivity index is 1.76. The van der Waals surface area contributed by atoms with E-state index in [0.29, 0.717) is 39.4 Å². The fraction of sp³-hybridized carbons (Fsp3) is 0.900. The zero-order valence-electron chi connectivity index (χ0n) is 8.89. The van der Waals surface area contributed by atoms with Crippen LogP contribution < -0.4 is 0 Å². The van der Waals surface area contributed by atoms with Gasteiger partial charge in [0.25, 0.3) is 0 Å². The highest BCUT2D eigenvalue weighted by molar-refractivity contribution is 5.78. The molecule has 2 aliphatic rings. The van der Waals surface area contributed by atoms with Gasteiger partial charge < -0.3 is 14.7 Å². The van der Waals surface area contributed by atoms with E-state index in [4.69, 9.17) is 4.74 Å². The van der Waals surface area contributed by atoms with Gasteiger partial charge in [-0.05, 0) is 6.42 Å². The first-order valence-corrected chi connectivity index (χ1v) is 5.51. The van der Waals surface area contributed by atoms with Crippen molar-refractivity contribution in [3.63, 3.8) is 0 Å². The Bertz CT molecular complexity index is 229. The minimum absolute atomic E-state index is 0.160. The lowest BCUT2D eigenvalue weighted by Crippen LogP contribution is -2.45. The van der Waals surface area contributed by atoms with Gasteiger partial charge >= 0.3 is 0 Å². The molecule has 5 heteroatoms. The number of carbonyl (C=O) groups excluding carboxylic acids is 1. The number of aliphatic hydroxyl groups is 1. The van der Waals surface area contributed by atoms with E-state index in [2.05, 4.69) is 0 Å². The maximum absolute atomic E-state index is 11.8. The third kappa shape index (κ3) is 2.90. The zero-order chi connectivity index (χ0) is 10.7. The molecule has 2 aliphatic heterocycles. The van der Waals surface area contributed by atoms with Crippen LogP contribution in [0.15, 0.2) is 0 Å². The van der Waals surface area contributed by atoms with E-state index in [1.165, 1.54) is 0 Å². The van der Waals surface area contributed by atoms with Gasteiger partial charge in [0.15, 0.2) is 0 Å². The predicted molar refractivity (Wildman–Crippen MR) is 54.5 cm³/mol. The normalized spacial score (nSPS) is 28.3. The molecule has 5 nitrogen and oxygen atoms in total. The van der Waals surface area contributed by atoms with Gasteiger partial charge in [0.1, 0.15) is 0 Å². The standard InChI is InChI=1S/C10H18N2O3/c13-9-1-2-11(7-9)8-10(14)12-3-5-15-6-4-12/h9,13H,1-8H2/t9-/m0/s1. The summed E-state index contributed by atoms with van der Waals surface area (Å²) in [7, 11) is 0. The summed E-state index contributed by atoms with van der Waals surface area (Å²) in [6.45, 7) is 4.61. The summed E-state index contributed by atoms with van der Waals surface area (Å²) < 4.78 is 5.19. The number of β-amino-alcohol motifs (C(OH)–C–C–N with tert-alkyl or cyclic N) is 1. The van der Waals surface area contributed by atoms with Crippen molar-refractivity contribution >= 4 is 5.91 Å². The van der Waals surface area contributed by atoms with Gasteiger partial charge in [-0.15, -0.1) is 0 Å². The van der Waals surface area contributed by atoms with Crippen LogP contribution in [0.2, 0.25) is 0 Å². The van der Waals surface area contributed by atoms with Gasteiger partial charge in [-0.1, -0.05) is 0 Å². The van der Waals surface area contributed by atoms with E-state index in [-0.39, 0.29) is 12.0 Å². The molecular weight excluding hydrogens is 196 g/mol. The third-order valence-corrected chi connectivity index (χ3v) is 2.97. The molecule has 15 heavy (non-hydrogen) atoms. The Kier molecular flexibility index (Phi) is 3.56. The van der Waals surface area contributed by atoms with Crippen molar-refractivity contribution in [1.82, 2.24) is 9.80 Å². The van der Waals surface area contributed by atoms with Gasteiger partial charge in [-0.3, -0.25) is 9.69 Å². The topological polar surface area (TPSA) is 53.0 Å². The highest BCUT2D eigenvalue weighted by atomic mass is 16.5. The molecule has 1 N–H and O–H groups in total. The molecule has 0 aromatic rings. The molecule has 0 radical (unpaired) electrons. The van der Waals surface area contributed by atoms with Crippen molar-refractivity contribution < 1.29 is 14.6 Å². The molecule has 0 aliphatic carbocycles. The Labute approximate surface area is 89.6 Å². The first-order valence-electron chi connectivity index (χ1n) is 5.51. The number of amides is 1. The number of hydrogen-bond acceptors (Lipinski definition) is 4. The Morgan fingerprint density at radius 1 is 1.33 bits per heavy atom. The maximum atomic E-state index is 11.8. The summed E-state index contributed by atoms with van der Waals surface area (Å²) in [5, 5.41) is 9.34. The average Bonchev–Trinajstić information content (AvgIpc) is 2.65. The van der Waals surface area contributed by atoms with Gasteiger partial charge in [-0.25, -0.2) is 0 Å². The minimum Gasteiger partial charge on any atom is -0.392 e. The molecular formula is C10H18N2O3. The number of ether oxygens (including phenoxy) is 1. The molecule has 86 valence electrons. The summed E-state index contributed by atoms with van der Waals surface area (Å²) in [4.78, 5) is 15.7. The highest BCUT2D eigenvalue weighted by Crippen LogP contribution is 2.09. The third-order valence-electron chi connectivity index (χ3n) is 2.97. The monoisotopic (exact) mass is 214 g/mol. The van der Waals surface area contributed by atoms with E-state index in [1.807, 2.05) is 9.80 Å². The van der Waals surface area contributed by atoms with Crippen LogP contribution in [-0.2, 0) is 9.53 Å². The van der Waals surface area contributed by atoms with Crippen molar-refractivity contribution in [2.75, 3.05) is 45.9 Å². The lowest BCUT2D eigenvalue weighted by atomic mass is 10.3. The zero-order valence-corrected chi connectivity index (χ0v) is 8.89. The number of aliphatic hydroxyl groups excluding tert-OH is 1. The second kappa shape index (κ2) is 4.92. The summed E-state index contributed by atoms with van der Waals surface area (Å²) in [6.07, 6.45) is 0.540. The summed E-state index contributed by atoms with van der Waals surface area (Å²) in [5.74, 6) is 0.160. The van der Waals surface area contributed by atoms with Crippen LogP contribution in [0.5, 0.6) is 0 Å². The fourth-order valence-corrected chi connectivity index (χ4v) is 2.06. The SMILES string of the molecule is O=C(CN1CC[C@H](O)C1)N1CCOCC1. The van der Waals surface area contributed by atoms with Gasteiger partial charge in [0.2, 0.25) is 5.91 Å². The molecule has 1 atom stereocenters. The molecule has 2 saturated heterocycles. The first kappa shape index (κ1) is 10.9. The first-order chi connectivity index (χ1) is 7.25. The largest absolute Gasteiger partial charge is 0.392 e. The maximum Gasteiger partial charge on any atom is 0.236 e. The molecule has 1 amide bonds. The van der Waals surface area contributed by atoms with Gasteiger partial charge in [0.05, 0.1) is 25.9 Å². The molecule has 0 saturated carbocycles. The smallest absolute Gasteiger partial charge is 0.236 e. The number of hydrogen-bond donors (Lipinski definition) is 1. The number of likely N-dealkylation sites (tertiary alicyclic amines) is 1. The second-order valence-corrected chi connectivity index (χ2v) is 4.17. The molecule has 0 aromatic carbocycles. The second-order valence-electron chi connectivity index (χ2n) is 4.17. The van der Waals surface area contributed by atoms with Gasteiger partial charge in [-0.2, -0.15) is 0 Å². The van der Waals surface area contributed by atoms with E-state index in [1.54, 1.807) is 0 Å². The van der Waals surface area contributed by atoms with Crippen LogP contribution in [-0.4, -0.2) is 72.9 Å². The number of morpholine rings is 1. The van der Waals surface area contributed by atoms with E-state index < -0.39 is 0 Å². The summed E-state index contributed by atoms with van der Waals surface area (Å²) in [6, 6.07) is 0. The van der Waals surface area contributed by atoms with Crippen molar-refractivity contribution in [3.8, 4) is 0 Å². The van der Waals surface area contributed by atoms with Crippen molar-refractivity contribution in [2.45, 2.75) is 12.5 Å². The lowest BCUT2D eigenvalue weighted by molar-refractivity contribution is -0.136. The molecule has 2 heterocycles. The molecule has 0 aromatic heterocycles. The Morgan fingerprint density at radius 3 is 2.67 bits per heavy atom. The quantitative estimate of drug-likeness (QED) is 0.635. The Hall–Kier alpha value is -0.650. The van der Waals surface area contributed by atoms with E-state index >= 15 is 0 Å². The van der Waals surface area contributed by atoms with Crippen molar-refractivity contribution in [1.29, 1.82) is 0 Å². The number of nitrogens with zero attached hydrogens (tertiary/aromatic N) is 2. The fourth-order valence-electron chi connectivity index (χ4n) is 2.06. The summed E-state index contributed by atoms with van der Waals surface area (Å²) in [5.41, 5.74) is 0. The lowest BCUT2D eigenvalue weighted by Gasteiger charge is -2.28.